The Balaban J connectivity index is 2.38. The molecule has 0 aliphatic heterocycles. The minimum Gasteiger partial charge on any atom is -0.710 e. The summed E-state index contributed by atoms with van der Waals surface area (Å²) in [6.07, 6.45) is 3.88. The van der Waals surface area contributed by atoms with Crippen LogP contribution in [0.2, 0.25) is 0 Å². The third-order valence-corrected chi connectivity index (χ3v) is 3.04. The van der Waals surface area contributed by atoms with Crippen LogP contribution in [0.25, 0.3) is 11.3 Å². The molecule has 0 amide bonds. The molecule has 1 aromatic heterocycles. The second kappa shape index (κ2) is 5.04. The van der Waals surface area contributed by atoms with E-state index in [-0.39, 0.29) is 0 Å². The third-order valence-electron chi connectivity index (χ3n) is 3.04. The summed E-state index contributed by atoms with van der Waals surface area (Å²) >= 11 is 0. The van der Waals surface area contributed by atoms with Crippen LogP contribution in [0.4, 0.5) is 0 Å². The molecule has 0 fully saturated rings. The maximum Gasteiger partial charge on any atom is 0.247 e. The van der Waals surface area contributed by atoms with Crippen LogP contribution in [-0.2, 0) is 6.54 Å². The van der Waals surface area contributed by atoms with Gasteiger partial charge in [0.2, 0.25) is 6.33 Å². The summed E-state index contributed by atoms with van der Waals surface area (Å²) in [4.78, 5) is 0. The van der Waals surface area contributed by atoms with Crippen LogP contribution in [0.3, 0.4) is 0 Å². The van der Waals surface area contributed by atoms with Gasteiger partial charge in [0, 0.05) is 12.5 Å². The summed E-state index contributed by atoms with van der Waals surface area (Å²) in [6, 6.07) is 9.82. The van der Waals surface area contributed by atoms with Crippen molar-refractivity contribution in [3.05, 3.63) is 47.6 Å². The fourth-order valence-electron chi connectivity index (χ4n) is 2.05. The molecule has 0 unspecified atom stereocenters. The summed E-state index contributed by atoms with van der Waals surface area (Å²) in [6.45, 7) is 5.08. The summed E-state index contributed by atoms with van der Waals surface area (Å²) in [7, 11) is 0. The van der Waals surface area contributed by atoms with Crippen molar-refractivity contribution in [1.82, 2.24) is 4.57 Å². The average molecular weight is 230 g/mol. The highest BCUT2D eigenvalue weighted by Crippen LogP contribution is 2.19. The Morgan fingerprint density at radius 3 is 2.59 bits per heavy atom. The van der Waals surface area contributed by atoms with Crippen molar-refractivity contribution in [1.29, 1.82) is 0 Å². The summed E-state index contributed by atoms with van der Waals surface area (Å²) in [5, 5.41) is 11.9. The second-order valence-corrected chi connectivity index (χ2v) is 4.29. The molecule has 0 N–H and O–H groups in total. The Kier molecular flexibility index (Phi) is 3.47. The maximum atomic E-state index is 11.9. The normalized spacial score (nSPS) is 10.7. The lowest BCUT2D eigenvalue weighted by Gasteiger charge is -2.02. The SMILES string of the molecule is CCCCn1c[n+]([O-])c(-c2ccccc2)c1C. The summed E-state index contributed by atoms with van der Waals surface area (Å²) in [5.74, 6) is 0. The van der Waals surface area contributed by atoms with Crippen molar-refractivity contribution in [2.75, 3.05) is 0 Å². The highest BCUT2D eigenvalue weighted by Gasteiger charge is 2.16. The highest BCUT2D eigenvalue weighted by molar-refractivity contribution is 5.58. The molecule has 0 radical (unpaired) electrons. The van der Waals surface area contributed by atoms with Crippen LogP contribution in [0.5, 0.6) is 0 Å². The number of aryl methyl sites for hydroxylation is 1. The quantitative estimate of drug-likeness (QED) is 0.587. The zero-order chi connectivity index (χ0) is 12.3. The number of hydrogen-bond donors (Lipinski definition) is 0. The standard InChI is InChI=1S/C14H18N2O/c1-3-4-10-15-11-16(17)14(12(15)2)13-8-6-5-7-9-13/h5-9,11H,3-4,10H2,1-2H3. The molecule has 0 saturated heterocycles. The van der Waals surface area contributed by atoms with Gasteiger partial charge in [-0.1, -0.05) is 43.7 Å². The molecular weight excluding hydrogens is 212 g/mol. The number of aromatic nitrogens is 2. The van der Waals surface area contributed by atoms with Gasteiger partial charge in [-0.2, -0.15) is 0 Å². The molecule has 3 heteroatoms. The molecule has 3 nitrogen and oxygen atoms in total. The van der Waals surface area contributed by atoms with E-state index in [1.54, 1.807) is 6.33 Å². The fourth-order valence-corrected chi connectivity index (χ4v) is 2.05. The monoisotopic (exact) mass is 230 g/mol. The van der Waals surface area contributed by atoms with E-state index in [0.717, 1.165) is 41.1 Å². The second-order valence-electron chi connectivity index (χ2n) is 4.29. The molecule has 2 rings (SSSR count). The molecule has 1 aromatic carbocycles. The Labute approximate surface area is 102 Å². The van der Waals surface area contributed by atoms with Gasteiger partial charge in [0.25, 0.3) is 0 Å². The summed E-state index contributed by atoms with van der Waals surface area (Å²) < 4.78 is 3.01. The van der Waals surface area contributed by atoms with E-state index in [0.29, 0.717) is 0 Å². The molecular formula is C14H18N2O. The molecule has 0 aliphatic carbocycles. The first-order valence-corrected chi connectivity index (χ1v) is 6.08. The van der Waals surface area contributed by atoms with Crippen molar-refractivity contribution >= 4 is 0 Å². The Morgan fingerprint density at radius 2 is 1.94 bits per heavy atom. The van der Waals surface area contributed by atoms with Gasteiger partial charge in [0.05, 0.1) is 6.54 Å². The van der Waals surface area contributed by atoms with Gasteiger partial charge in [-0.05, 0) is 6.42 Å². The van der Waals surface area contributed by atoms with Crippen LogP contribution in [0.15, 0.2) is 36.7 Å². The van der Waals surface area contributed by atoms with Crippen LogP contribution in [0.1, 0.15) is 25.5 Å². The lowest BCUT2D eigenvalue weighted by Crippen LogP contribution is -2.25. The van der Waals surface area contributed by atoms with Crippen molar-refractivity contribution in [3.8, 4) is 11.3 Å². The van der Waals surface area contributed by atoms with Crippen molar-refractivity contribution < 1.29 is 4.73 Å². The molecule has 2 aromatic rings. The van der Waals surface area contributed by atoms with E-state index in [2.05, 4.69) is 6.92 Å². The Hall–Kier alpha value is -1.77. The van der Waals surface area contributed by atoms with Crippen LogP contribution in [-0.4, -0.2) is 4.57 Å². The predicted molar refractivity (Wildman–Crippen MR) is 68.5 cm³/mol. The number of unbranched alkanes of at least 4 members (excludes halogenated alkanes) is 1. The smallest absolute Gasteiger partial charge is 0.247 e. The Morgan fingerprint density at radius 1 is 1.24 bits per heavy atom. The van der Waals surface area contributed by atoms with Gasteiger partial charge < -0.3 is 5.21 Å². The number of hydrogen-bond acceptors (Lipinski definition) is 1. The van der Waals surface area contributed by atoms with Gasteiger partial charge >= 0.3 is 0 Å². The van der Waals surface area contributed by atoms with E-state index in [1.165, 1.54) is 0 Å². The molecule has 0 spiro atoms. The predicted octanol–water partition coefficient (Wildman–Crippen LogP) is 2.90. The van der Waals surface area contributed by atoms with E-state index < -0.39 is 0 Å². The molecule has 1 heterocycles. The molecule has 0 atom stereocenters. The van der Waals surface area contributed by atoms with Crippen molar-refractivity contribution in [2.24, 2.45) is 0 Å². The number of rotatable bonds is 4. The van der Waals surface area contributed by atoms with Gasteiger partial charge in [-0.15, -0.1) is 0 Å². The molecule has 90 valence electrons. The van der Waals surface area contributed by atoms with E-state index in [4.69, 9.17) is 0 Å². The first kappa shape index (κ1) is 11.7. The van der Waals surface area contributed by atoms with E-state index in [9.17, 15) is 5.21 Å². The van der Waals surface area contributed by atoms with Crippen molar-refractivity contribution in [3.63, 3.8) is 0 Å². The topological polar surface area (TPSA) is 31.9 Å². The first-order valence-electron chi connectivity index (χ1n) is 6.08. The molecule has 0 bridgehead atoms. The molecule has 0 saturated carbocycles. The minimum absolute atomic E-state index is 0.765. The average Bonchev–Trinajstić information content (AvgIpc) is 2.63. The van der Waals surface area contributed by atoms with E-state index in [1.807, 2.05) is 41.8 Å². The number of nitrogens with zero attached hydrogens (tertiary/aromatic N) is 2. The lowest BCUT2D eigenvalue weighted by atomic mass is 10.1. The van der Waals surface area contributed by atoms with Gasteiger partial charge in [-0.3, -0.25) is 0 Å². The molecule has 17 heavy (non-hydrogen) atoms. The zero-order valence-electron chi connectivity index (χ0n) is 10.4. The lowest BCUT2D eigenvalue weighted by molar-refractivity contribution is -0.593. The minimum atomic E-state index is 0.765. The number of imidazole rings is 1. The maximum absolute atomic E-state index is 11.9. The van der Waals surface area contributed by atoms with Gasteiger partial charge in [-0.25, -0.2) is 9.30 Å². The molecule has 0 aliphatic rings. The van der Waals surface area contributed by atoms with E-state index >= 15 is 0 Å². The fraction of sp³-hybridized carbons (Fsp3) is 0.357. The zero-order valence-corrected chi connectivity index (χ0v) is 10.4. The largest absolute Gasteiger partial charge is 0.710 e. The van der Waals surface area contributed by atoms with Crippen LogP contribution >= 0.6 is 0 Å². The highest BCUT2D eigenvalue weighted by atomic mass is 16.5. The number of benzene rings is 1. The third kappa shape index (κ3) is 2.33. The van der Waals surface area contributed by atoms with Gasteiger partial charge in [0.15, 0.2) is 5.69 Å². The van der Waals surface area contributed by atoms with Crippen LogP contribution in [0, 0.1) is 12.1 Å². The Bertz CT molecular complexity index is 488. The summed E-state index contributed by atoms with van der Waals surface area (Å²) in [5.41, 5.74) is 2.79. The van der Waals surface area contributed by atoms with Gasteiger partial charge in [0.1, 0.15) is 5.69 Å². The first-order chi connectivity index (χ1) is 8.24. The van der Waals surface area contributed by atoms with Crippen LogP contribution < -0.4 is 4.73 Å². The van der Waals surface area contributed by atoms with Crippen molar-refractivity contribution in [2.45, 2.75) is 33.2 Å².